The lowest BCUT2D eigenvalue weighted by Crippen LogP contribution is -2.25. The van der Waals surface area contributed by atoms with Gasteiger partial charge in [0.05, 0.1) is 12.1 Å². The van der Waals surface area contributed by atoms with Crippen LogP contribution in [0.1, 0.15) is 31.0 Å². The molecule has 0 fully saturated rings. The number of halogens is 3. The Hall–Kier alpha value is -1.98. The molecule has 2 rings (SSSR count). The van der Waals surface area contributed by atoms with E-state index in [0.717, 1.165) is 12.1 Å². The van der Waals surface area contributed by atoms with Crippen LogP contribution in [0.5, 0.6) is 0 Å². The second-order valence-corrected chi connectivity index (χ2v) is 4.90. The standard InChI is InChI=1S/C14H15F3N2O/c1-10(2)19-8-7-18(13(19)20)9-11-3-5-12(6-4-11)14(15,16)17/h3-8,10H,9H2,1-2H3. The molecule has 0 saturated carbocycles. The normalized spacial score (nSPS) is 12.1. The quantitative estimate of drug-likeness (QED) is 0.849. The Balaban J connectivity index is 2.21. The van der Waals surface area contributed by atoms with E-state index in [4.69, 9.17) is 0 Å². The van der Waals surface area contributed by atoms with Gasteiger partial charge in [0.15, 0.2) is 0 Å². The number of nitrogens with zero attached hydrogens (tertiary/aromatic N) is 2. The molecule has 0 amide bonds. The number of hydrogen-bond donors (Lipinski definition) is 0. The van der Waals surface area contributed by atoms with Gasteiger partial charge in [-0.3, -0.25) is 9.13 Å². The first kappa shape index (κ1) is 14.4. The highest BCUT2D eigenvalue weighted by Crippen LogP contribution is 2.29. The van der Waals surface area contributed by atoms with E-state index in [9.17, 15) is 18.0 Å². The molecule has 0 N–H and O–H groups in total. The van der Waals surface area contributed by atoms with Crippen LogP contribution in [0.25, 0.3) is 0 Å². The second-order valence-electron chi connectivity index (χ2n) is 4.90. The van der Waals surface area contributed by atoms with Crippen LogP contribution in [0.4, 0.5) is 13.2 Å². The Kier molecular flexibility index (Phi) is 3.74. The van der Waals surface area contributed by atoms with Crippen LogP contribution < -0.4 is 5.69 Å². The molecule has 0 spiro atoms. The van der Waals surface area contributed by atoms with Gasteiger partial charge in [-0.15, -0.1) is 0 Å². The van der Waals surface area contributed by atoms with E-state index in [1.807, 2.05) is 13.8 Å². The second kappa shape index (κ2) is 5.19. The van der Waals surface area contributed by atoms with E-state index < -0.39 is 11.7 Å². The van der Waals surface area contributed by atoms with Crippen LogP contribution in [0.2, 0.25) is 0 Å². The fourth-order valence-corrected chi connectivity index (χ4v) is 1.94. The zero-order valence-electron chi connectivity index (χ0n) is 11.2. The maximum absolute atomic E-state index is 12.4. The molecule has 1 aromatic heterocycles. The third-order valence-corrected chi connectivity index (χ3v) is 3.06. The minimum atomic E-state index is -4.34. The predicted octanol–water partition coefficient (Wildman–Crippen LogP) is 3.30. The summed E-state index contributed by atoms with van der Waals surface area (Å²) in [5.74, 6) is 0. The zero-order chi connectivity index (χ0) is 14.9. The van der Waals surface area contributed by atoms with Crippen molar-refractivity contribution in [2.45, 2.75) is 32.6 Å². The van der Waals surface area contributed by atoms with Gasteiger partial charge in [-0.05, 0) is 31.5 Å². The van der Waals surface area contributed by atoms with Gasteiger partial charge in [-0.1, -0.05) is 12.1 Å². The van der Waals surface area contributed by atoms with Crippen LogP contribution in [-0.2, 0) is 12.7 Å². The SMILES string of the molecule is CC(C)n1ccn(Cc2ccc(C(F)(F)F)cc2)c1=O. The van der Waals surface area contributed by atoms with E-state index in [-0.39, 0.29) is 18.3 Å². The summed E-state index contributed by atoms with van der Waals surface area (Å²) in [6, 6.07) is 4.89. The van der Waals surface area contributed by atoms with E-state index in [1.54, 1.807) is 17.0 Å². The lowest BCUT2D eigenvalue weighted by Gasteiger charge is -2.08. The molecule has 0 saturated heterocycles. The third kappa shape index (κ3) is 2.95. The Morgan fingerprint density at radius 2 is 1.70 bits per heavy atom. The summed E-state index contributed by atoms with van der Waals surface area (Å²) in [5.41, 5.74) is -0.199. The molecular weight excluding hydrogens is 269 g/mol. The first-order chi connectivity index (χ1) is 9.29. The molecule has 6 heteroatoms. The third-order valence-electron chi connectivity index (χ3n) is 3.06. The molecule has 0 aliphatic carbocycles. The van der Waals surface area contributed by atoms with Gasteiger partial charge in [0.25, 0.3) is 0 Å². The smallest absolute Gasteiger partial charge is 0.297 e. The Labute approximate surface area is 114 Å². The van der Waals surface area contributed by atoms with Crippen molar-refractivity contribution >= 4 is 0 Å². The van der Waals surface area contributed by atoms with Gasteiger partial charge in [0.2, 0.25) is 0 Å². The van der Waals surface area contributed by atoms with Crippen LogP contribution in [0.15, 0.2) is 41.5 Å². The van der Waals surface area contributed by atoms with Crippen molar-refractivity contribution in [3.05, 3.63) is 58.3 Å². The van der Waals surface area contributed by atoms with Gasteiger partial charge in [-0.2, -0.15) is 13.2 Å². The van der Waals surface area contributed by atoms with Crippen molar-refractivity contribution in [1.82, 2.24) is 9.13 Å². The summed E-state index contributed by atoms with van der Waals surface area (Å²) in [5, 5.41) is 0. The number of benzene rings is 1. The molecule has 0 aliphatic rings. The first-order valence-corrected chi connectivity index (χ1v) is 6.22. The summed E-state index contributed by atoms with van der Waals surface area (Å²) in [4.78, 5) is 12.0. The van der Waals surface area contributed by atoms with Crippen LogP contribution in [0, 0.1) is 0 Å². The van der Waals surface area contributed by atoms with E-state index in [2.05, 4.69) is 0 Å². The molecule has 0 unspecified atom stereocenters. The largest absolute Gasteiger partial charge is 0.416 e. The van der Waals surface area contributed by atoms with Gasteiger partial charge < -0.3 is 0 Å². The van der Waals surface area contributed by atoms with Crippen molar-refractivity contribution in [3.8, 4) is 0 Å². The molecule has 108 valence electrons. The Bertz CT molecular complexity index is 636. The van der Waals surface area contributed by atoms with Crippen molar-refractivity contribution in [3.63, 3.8) is 0 Å². The summed E-state index contributed by atoms with van der Waals surface area (Å²) >= 11 is 0. The first-order valence-electron chi connectivity index (χ1n) is 6.22. The van der Waals surface area contributed by atoms with Crippen molar-refractivity contribution in [2.75, 3.05) is 0 Å². The average Bonchev–Trinajstić information content (AvgIpc) is 2.71. The number of rotatable bonds is 3. The van der Waals surface area contributed by atoms with Crippen molar-refractivity contribution < 1.29 is 13.2 Å². The molecule has 20 heavy (non-hydrogen) atoms. The fourth-order valence-electron chi connectivity index (χ4n) is 1.94. The lowest BCUT2D eigenvalue weighted by atomic mass is 10.1. The minimum Gasteiger partial charge on any atom is -0.297 e. The summed E-state index contributed by atoms with van der Waals surface area (Å²) in [6.45, 7) is 4.05. The van der Waals surface area contributed by atoms with Crippen LogP contribution in [-0.4, -0.2) is 9.13 Å². The van der Waals surface area contributed by atoms with E-state index in [1.165, 1.54) is 16.7 Å². The Morgan fingerprint density at radius 1 is 1.10 bits per heavy atom. The summed E-state index contributed by atoms with van der Waals surface area (Å²) in [7, 11) is 0. The number of imidazole rings is 1. The van der Waals surface area contributed by atoms with Gasteiger partial charge in [-0.25, -0.2) is 4.79 Å². The van der Waals surface area contributed by atoms with E-state index in [0.29, 0.717) is 5.56 Å². The predicted molar refractivity (Wildman–Crippen MR) is 69.6 cm³/mol. The lowest BCUT2D eigenvalue weighted by molar-refractivity contribution is -0.137. The molecule has 0 bridgehead atoms. The highest BCUT2D eigenvalue weighted by molar-refractivity contribution is 5.24. The molecule has 0 aliphatic heterocycles. The molecule has 3 nitrogen and oxygen atoms in total. The molecule has 1 heterocycles. The summed E-state index contributed by atoms with van der Waals surface area (Å²) in [6.07, 6.45) is -1.02. The van der Waals surface area contributed by atoms with Gasteiger partial charge >= 0.3 is 11.9 Å². The molecule has 1 aromatic carbocycles. The maximum Gasteiger partial charge on any atom is 0.416 e. The van der Waals surface area contributed by atoms with Crippen molar-refractivity contribution in [1.29, 1.82) is 0 Å². The van der Waals surface area contributed by atoms with Crippen molar-refractivity contribution in [2.24, 2.45) is 0 Å². The monoisotopic (exact) mass is 284 g/mol. The average molecular weight is 284 g/mol. The maximum atomic E-state index is 12.4. The molecule has 0 atom stereocenters. The number of hydrogen-bond acceptors (Lipinski definition) is 1. The zero-order valence-corrected chi connectivity index (χ0v) is 11.2. The highest BCUT2D eigenvalue weighted by Gasteiger charge is 2.29. The molecular formula is C14H15F3N2O. The van der Waals surface area contributed by atoms with Crippen LogP contribution in [0.3, 0.4) is 0 Å². The van der Waals surface area contributed by atoms with Crippen LogP contribution >= 0.6 is 0 Å². The van der Waals surface area contributed by atoms with E-state index >= 15 is 0 Å². The van der Waals surface area contributed by atoms with Gasteiger partial charge in [0.1, 0.15) is 0 Å². The Morgan fingerprint density at radius 3 is 2.15 bits per heavy atom. The molecule has 2 aromatic rings. The number of aromatic nitrogens is 2. The number of alkyl halides is 3. The fraction of sp³-hybridized carbons (Fsp3) is 0.357. The summed E-state index contributed by atoms with van der Waals surface area (Å²) < 4.78 is 40.4. The van der Waals surface area contributed by atoms with Gasteiger partial charge in [0, 0.05) is 18.4 Å². The highest BCUT2D eigenvalue weighted by atomic mass is 19.4. The topological polar surface area (TPSA) is 26.9 Å². The molecule has 0 radical (unpaired) electrons. The minimum absolute atomic E-state index is 0.0522.